The number of furan rings is 1. The van der Waals surface area contributed by atoms with Gasteiger partial charge in [0.05, 0.1) is 20.7 Å². The Morgan fingerprint density at radius 3 is 2.63 bits per heavy atom. The summed E-state index contributed by atoms with van der Waals surface area (Å²) in [5.41, 5.74) is 0.727. The van der Waals surface area contributed by atoms with Gasteiger partial charge in [0.1, 0.15) is 15.8 Å². The Morgan fingerprint density at radius 2 is 1.96 bits per heavy atom. The maximum atomic E-state index is 12.4. The molecular formula is C16H11Cl2NO5S3. The number of rotatable bonds is 5. The quantitative estimate of drug-likeness (QED) is 0.400. The van der Waals surface area contributed by atoms with Crippen LogP contribution in [0.15, 0.2) is 39.7 Å². The molecule has 0 bridgehead atoms. The first-order valence-electron chi connectivity index (χ1n) is 7.40. The lowest BCUT2D eigenvalue weighted by Gasteiger charge is -2.12. The number of thioether (sulfide) groups is 1. The number of halogens is 2. The summed E-state index contributed by atoms with van der Waals surface area (Å²) in [6, 6.07) is 8.49. The van der Waals surface area contributed by atoms with Gasteiger partial charge < -0.3 is 4.42 Å². The van der Waals surface area contributed by atoms with Crippen LogP contribution in [0.5, 0.6) is 0 Å². The van der Waals surface area contributed by atoms with E-state index in [0.29, 0.717) is 26.5 Å². The van der Waals surface area contributed by atoms with E-state index in [1.54, 1.807) is 30.3 Å². The van der Waals surface area contributed by atoms with E-state index >= 15 is 0 Å². The molecule has 6 nitrogen and oxygen atoms in total. The molecule has 2 aromatic rings. The SMILES string of the molecule is O=C1/C(=C/c2ccc(-c3ccc(Cl)c(Cl)c3)o2)SC(=S)N1CCS(=O)(=O)O. The molecule has 1 amide bonds. The Morgan fingerprint density at radius 1 is 1.22 bits per heavy atom. The van der Waals surface area contributed by atoms with Crippen LogP contribution in [0.1, 0.15) is 5.76 Å². The van der Waals surface area contributed by atoms with Gasteiger partial charge in [-0.15, -0.1) is 0 Å². The van der Waals surface area contributed by atoms with E-state index in [1.807, 2.05) is 0 Å². The Bertz CT molecular complexity index is 1060. The average Bonchev–Trinajstić information content (AvgIpc) is 3.13. The van der Waals surface area contributed by atoms with Crippen LogP contribution in [0.2, 0.25) is 10.0 Å². The summed E-state index contributed by atoms with van der Waals surface area (Å²) in [6.07, 6.45) is 1.52. The molecule has 1 aliphatic rings. The molecule has 1 saturated heterocycles. The Balaban J connectivity index is 1.79. The maximum Gasteiger partial charge on any atom is 0.266 e. The summed E-state index contributed by atoms with van der Waals surface area (Å²) in [5.74, 6) is -0.0660. The van der Waals surface area contributed by atoms with Crippen LogP contribution in [-0.4, -0.2) is 40.4 Å². The lowest BCUT2D eigenvalue weighted by molar-refractivity contribution is -0.121. The van der Waals surface area contributed by atoms with E-state index in [0.717, 1.165) is 22.2 Å². The lowest BCUT2D eigenvalue weighted by atomic mass is 10.2. The van der Waals surface area contributed by atoms with Crippen LogP contribution >= 0.6 is 47.2 Å². The minimum Gasteiger partial charge on any atom is -0.457 e. The highest BCUT2D eigenvalue weighted by atomic mass is 35.5. The van der Waals surface area contributed by atoms with Gasteiger partial charge >= 0.3 is 0 Å². The molecule has 0 radical (unpaired) electrons. The van der Waals surface area contributed by atoms with E-state index in [4.69, 9.17) is 44.4 Å². The van der Waals surface area contributed by atoms with Crippen LogP contribution in [0.25, 0.3) is 17.4 Å². The molecule has 1 aliphatic heterocycles. The third kappa shape index (κ3) is 4.92. The van der Waals surface area contributed by atoms with Crippen LogP contribution in [0.4, 0.5) is 0 Å². The number of hydrogen-bond donors (Lipinski definition) is 1. The summed E-state index contributed by atoms with van der Waals surface area (Å²) >= 11 is 18.0. The smallest absolute Gasteiger partial charge is 0.266 e. The molecular weight excluding hydrogens is 453 g/mol. The van der Waals surface area contributed by atoms with Gasteiger partial charge in [0.15, 0.2) is 0 Å². The van der Waals surface area contributed by atoms with Crippen LogP contribution < -0.4 is 0 Å². The zero-order valence-electron chi connectivity index (χ0n) is 13.4. The van der Waals surface area contributed by atoms with Crippen molar-refractivity contribution in [3.63, 3.8) is 0 Å². The van der Waals surface area contributed by atoms with Gasteiger partial charge in [0.2, 0.25) is 0 Å². The van der Waals surface area contributed by atoms with Gasteiger partial charge in [0.25, 0.3) is 16.0 Å². The summed E-state index contributed by atoms with van der Waals surface area (Å²) in [7, 11) is -4.19. The van der Waals surface area contributed by atoms with E-state index in [9.17, 15) is 13.2 Å². The highest BCUT2D eigenvalue weighted by Gasteiger charge is 2.32. The fraction of sp³-hybridized carbons (Fsp3) is 0.125. The topological polar surface area (TPSA) is 87.8 Å². The molecule has 0 spiro atoms. The van der Waals surface area contributed by atoms with Crippen molar-refractivity contribution in [3.8, 4) is 11.3 Å². The minimum absolute atomic E-state index is 0.214. The zero-order chi connectivity index (χ0) is 19.8. The van der Waals surface area contributed by atoms with Crippen molar-refractivity contribution in [3.05, 3.63) is 51.0 Å². The molecule has 1 fully saturated rings. The Labute approximate surface area is 174 Å². The average molecular weight is 464 g/mol. The van der Waals surface area contributed by atoms with Gasteiger partial charge in [-0.2, -0.15) is 8.42 Å². The predicted octanol–water partition coefficient (Wildman–Crippen LogP) is 4.34. The van der Waals surface area contributed by atoms with Crippen molar-refractivity contribution >= 4 is 73.6 Å². The zero-order valence-corrected chi connectivity index (χ0v) is 17.3. The van der Waals surface area contributed by atoms with Crippen molar-refractivity contribution < 1.29 is 22.2 Å². The van der Waals surface area contributed by atoms with Gasteiger partial charge in [0, 0.05) is 18.2 Å². The van der Waals surface area contributed by atoms with Crippen molar-refractivity contribution in [1.82, 2.24) is 4.90 Å². The van der Waals surface area contributed by atoms with Crippen molar-refractivity contribution in [2.75, 3.05) is 12.3 Å². The van der Waals surface area contributed by atoms with E-state index in [-0.39, 0.29) is 10.9 Å². The van der Waals surface area contributed by atoms with Gasteiger partial charge in [-0.05, 0) is 30.3 Å². The first kappa shape index (κ1) is 20.4. The van der Waals surface area contributed by atoms with Crippen LogP contribution in [0.3, 0.4) is 0 Å². The Kier molecular flexibility index (Phi) is 5.99. The van der Waals surface area contributed by atoms with Crippen molar-refractivity contribution in [2.24, 2.45) is 0 Å². The highest BCUT2D eigenvalue weighted by Crippen LogP contribution is 2.34. The van der Waals surface area contributed by atoms with Crippen molar-refractivity contribution in [1.29, 1.82) is 0 Å². The molecule has 0 saturated carbocycles. The second kappa shape index (κ2) is 7.94. The normalized spacial score (nSPS) is 16.6. The lowest BCUT2D eigenvalue weighted by Crippen LogP contribution is -2.32. The molecule has 2 heterocycles. The molecule has 11 heteroatoms. The van der Waals surface area contributed by atoms with E-state index < -0.39 is 21.8 Å². The predicted molar refractivity (Wildman–Crippen MR) is 110 cm³/mol. The second-order valence-electron chi connectivity index (χ2n) is 5.45. The molecule has 27 heavy (non-hydrogen) atoms. The van der Waals surface area contributed by atoms with Gasteiger partial charge in [-0.1, -0.05) is 47.2 Å². The number of amides is 1. The van der Waals surface area contributed by atoms with Crippen molar-refractivity contribution in [2.45, 2.75) is 0 Å². The maximum absolute atomic E-state index is 12.4. The summed E-state index contributed by atoms with van der Waals surface area (Å²) in [5, 5.41) is 0.826. The molecule has 0 aliphatic carbocycles. The molecule has 1 aromatic heterocycles. The number of nitrogens with zero attached hydrogens (tertiary/aromatic N) is 1. The van der Waals surface area contributed by atoms with Crippen LogP contribution in [0, 0.1) is 0 Å². The van der Waals surface area contributed by atoms with E-state index in [2.05, 4.69) is 0 Å². The number of carbonyl (C=O) groups is 1. The number of hydrogen-bond acceptors (Lipinski definition) is 6. The molecule has 0 unspecified atom stereocenters. The fourth-order valence-electron chi connectivity index (χ4n) is 2.26. The third-order valence-corrected chi connectivity index (χ3v) is 6.37. The summed E-state index contributed by atoms with van der Waals surface area (Å²) in [6.45, 7) is -0.215. The second-order valence-corrected chi connectivity index (χ2v) is 9.51. The van der Waals surface area contributed by atoms with E-state index in [1.165, 1.54) is 6.08 Å². The first-order chi connectivity index (χ1) is 12.6. The molecule has 142 valence electrons. The first-order valence-corrected chi connectivity index (χ1v) is 11.0. The molecule has 1 aromatic carbocycles. The Hall–Kier alpha value is -1.36. The minimum atomic E-state index is -4.19. The largest absolute Gasteiger partial charge is 0.457 e. The number of benzene rings is 1. The standard InChI is InChI=1S/C16H11Cl2NO5S3/c17-11-3-1-9(7-12(11)18)13-4-2-10(24-13)8-14-15(20)19(16(25)26-14)5-6-27(21,22)23/h1-4,7-8H,5-6H2,(H,21,22,23)/b14-8-. The highest BCUT2D eigenvalue weighted by molar-refractivity contribution is 8.26. The molecule has 0 atom stereocenters. The van der Waals surface area contributed by atoms with Gasteiger partial charge in [-0.25, -0.2) is 0 Å². The summed E-state index contributed by atoms with van der Waals surface area (Å²) < 4.78 is 36.5. The third-order valence-electron chi connectivity index (χ3n) is 3.55. The van der Waals surface area contributed by atoms with Crippen LogP contribution in [-0.2, 0) is 14.9 Å². The molecule has 1 N–H and O–H groups in total. The summed E-state index contributed by atoms with van der Waals surface area (Å²) in [4.78, 5) is 13.8. The van der Waals surface area contributed by atoms with Gasteiger partial charge in [-0.3, -0.25) is 14.2 Å². The number of thiocarbonyl (C=S) groups is 1. The monoisotopic (exact) mass is 463 g/mol. The number of carbonyl (C=O) groups excluding carboxylic acids is 1. The molecule has 3 rings (SSSR count). The fourth-order valence-corrected chi connectivity index (χ4v) is 4.26.